The standard InChI is InChI=1S/C25H34ClN5O/c1-18(2)30-9-11-31(12-10-30)20-5-3-19(4-6-20)25-23-21(7-8-27-25)28-22(24(23)26)17-29-13-15-32-16-14-29/h3,5-8,18-19,28H,4,9-17H2,1-2H3. The van der Waals surface area contributed by atoms with E-state index in [4.69, 9.17) is 21.3 Å². The summed E-state index contributed by atoms with van der Waals surface area (Å²) in [5.74, 6) is 0.254. The maximum absolute atomic E-state index is 6.91. The van der Waals surface area contributed by atoms with Crippen molar-refractivity contribution >= 4 is 22.5 Å². The van der Waals surface area contributed by atoms with Gasteiger partial charge in [-0.25, -0.2) is 0 Å². The van der Waals surface area contributed by atoms with Crippen LogP contribution in [-0.4, -0.2) is 83.2 Å². The Labute approximate surface area is 195 Å². The van der Waals surface area contributed by atoms with Gasteiger partial charge in [-0.1, -0.05) is 23.8 Å². The number of aromatic amines is 1. The molecule has 1 N–H and O–H groups in total. The maximum atomic E-state index is 6.91. The second-order valence-corrected chi connectivity index (χ2v) is 9.75. The van der Waals surface area contributed by atoms with E-state index in [-0.39, 0.29) is 5.92 Å². The van der Waals surface area contributed by atoms with Crippen molar-refractivity contribution < 1.29 is 4.74 Å². The number of halogens is 1. The van der Waals surface area contributed by atoms with Crippen molar-refractivity contribution in [3.8, 4) is 0 Å². The molecule has 0 spiro atoms. The highest BCUT2D eigenvalue weighted by Crippen LogP contribution is 2.37. The summed E-state index contributed by atoms with van der Waals surface area (Å²) in [7, 11) is 0. The van der Waals surface area contributed by atoms with Crippen LogP contribution in [0.4, 0.5) is 0 Å². The lowest BCUT2D eigenvalue weighted by molar-refractivity contribution is 0.0337. The SMILES string of the molecule is CC(C)N1CCN(C2=CCC(c3nccc4[nH]c(CN5CCOCC5)c(Cl)c34)C=C2)CC1. The number of allylic oxidation sites excluding steroid dienone is 3. The zero-order chi connectivity index (χ0) is 22.1. The molecule has 0 amide bonds. The Morgan fingerprint density at radius 1 is 1.16 bits per heavy atom. The number of nitrogens with zero attached hydrogens (tertiary/aromatic N) is 4. The molecule has 7 heteroatoms. The largest absolute Gasteiger partial charge is 0.379 e. The molecule has 1 aliphatic carbocycles. The molecule has 3 aliphatic rings. The molecule has 1 atom stereocenters. The first-order valence-electron chi connectivity index (χ1n) is 11.9. The number of nitrogens with one attached hydrogen (secondary N) is 1. The summed E-state index contributed by atoms with van der Waals surface area (Å²) in [6.07, 6.45) is 9.85. The lowest BCUT2D eigenvalue weighted by atomic mass is 9.93. The van der Waals surface area contributed by atoms with E-state index < -0.39 is 0 Å². The molecule has 1 unspecified atom stereocenters. The van der Waals surface area contributed by atoms with Crippen LogP contribution in [-0.2, 0) is 11.3 Å². The minimum atomic E-state index is 0.254. The van der Waals surface area contributed by atoms with Crippen LogP contribution in [0.3, 0.4) is 0 Å². The van der Waals surface area contributed by atoms with Crippen LogP contribution in [0.2, 0.25) is 5.02 Å². The molecule has 2 aromatic rings. The normalized spacial score (nSPS) is 23.3. The van der Waals surface area contributed by atoms with Crippen molar-refractivity contribution in [3.63, 3.8) is 0 Å². The minimum Gasteiger partial charge on any atom is -0.379 e. The quantitative estimate of drug-likeness (QED) is 0.738. The van der Waals surface area contributed by atoms with Gasteiger partial charge in [0.15, 0.2) is 0 Å². The minimum absolute atomic E-state index is 0.254. The summed E-state index contributed by atoms with van der Waals surface area (Å²) in [4.78, 5) is 15.8. The number of aromatic nitrogens is 2. The molecule has 32 heavy (non-hydrogen) atoms. The predicted octanol–water partition coefficient (Wildman–Crippen LogP) is 4.00. The van der Waals surface area contributed by atoms with Gasteiger partial charge in [0, 0.05) is 80.7 Å². The smallest absolute Gasteiger partial charge is 0.0723 e. The van der Waals surface area contributed by atoms with Crippen LogP contribution >= 0.6 is 11.6 Å². The molecule has 0 radical (unpaired) electrons. The maximum Gasteiger partial charge on any atom is 0.0723 e. The molecular weight excluding hydrogens is 422 g/mol. The molecule has 5 rings (SSSR count). The monoisotopic (exact) mass is 455 g/mol. The van der Waals surface area contributed by atoms with E-state index in [0.717, 1.165) is 92.8 Å². The van der Waals surface area contributed by atoms with Gasteiger partial charge in [-0.3, -0.25) is 14.8 Å². The van der Waals surface area contributed by atoms with Crippen LogP contribution in [0.25, 0.3) is 10.9 Å². The van der Waals surface area contributed by atoms with Crippen LogP contribution in [0.5, 0.6) is 0 Å². The Kier molecular flexibility index (Phi) is 6.56. The van der Waals surface area contributed by atoms with E-state index >= 15 is 0 Å². The van der Waals surface area contributed by atoms with Crippen molar-refractivity contribution in [3.05, 3.63) is 52.6 Å². The van der Waals surface area contributed by atoms with Crippen LogP contribution in [0.1, 0.15) is 37.6 Å². The highest BCUT2D eigenvalue weighted by molar-refractivity contribution is 6.36. The molecule has 2 aliphatic heterocycles. The van der Waals surface area contributed by atoms with Crippen LogP contribution in [0, 0.1) is 0 Å². The Morgan fingerprint density at radius 2 is 1.94 bits per heavy atom. The molecule has 0 aromatic carbocycles. The van der Waals surface area contributed by atoms with Gasteiger partial charge < -0.3 is 14.6 Å². The van der Waals surface area contributed by atoms with Gasteiger partial charge in [-0.2, -0.15) is 0 Å². The highest BCUT2D eigenvalue weighted by atomic mass is 35.5. The topological polar surface area (TPSA) is 47.6 Å². The van der Waals surface area contributed by atoms with E-state index in [9.17, 15) is 0 Å². The fourth-order valence-electron chi connectivity index (χ4n) is 5.10. The molecule has 2 saturated heterocycles. The first kappa shape index (κ1) is 22.0. The van der Waals surface area contributed by atoms with Crippen molar-refractivity contribution in [1.82, 2.24) is 24.7 Å². The van der Waals surface area contributed by atoms with E-state index in [2.05, 4.69) is 51.8 Å². The fraction of sp³-hybridized carbons (Fsp3) is 0.560. The average molecular weight is 456 g/mol. The van der Waals surface area contributed by atoms with Gasteiger partial charge in [0.1, 0.15) is 0 Å². The van der Waals surface area contributed by atoms with Gasteiger partial charge in [-0.05, 0) is 32.4 Å². The van der Waals surface area contributed by atoms with E-state index in [1.807, 2.05) is 12.3 Å². The summed E-state index contributed by atoms with van der Waals surface area (Å²) in [5.41, 5.74) is 4.59. The molecule has 2 aromatic heterocycles. The van der Waals surface area contributed by atoms with E-state index in [0.29, 0.717) is 6.04 Å². The van der Waals surface area contributed by atoms with E-state index in [1.165, 1.54) is 5.70 Å². The molecule has 6 nitrogen and oxygen atoms in total. The second kappa shape index (κ2) is 9.56. The summed E-state index contributed by atoms with van der Waals surface area (Å²) in [6.45, 7) is 13.3. The van der Waals surface area contributed by atoms with Crippen molar-refractivity contribution in [2.24, 2.45) is 0 Å². The third kappa shape index (κ3) is 4.46. The fourth-order valence-corrected chi connectivity index (χ4v) is 5.40. The first-order chi connectivity index (χ1) is 15.6. The number of hydrogen-bond acceptors (Lipinski definition) is 5. The van der Waals surface area contributed by atoms with Gasteiger partial charge in [0.2, 0.25) is 0 Å². The number of hydrogen-bond donors (Lipinski definition) is 1. The summed E-state index contributed by atoms with van der Waals surface area (Å²) in [6, 6.07) is 2.67. The number of fused-ring (bicyclic) bond motifs is 1. The van der Waals surface area contributed by atoms with Crippen molar-refractivity contribution in [1.29, 1.82) is 0 Å². The lowest BCUT2D eigenvalue weighted by Gasteiger charge is -2.39. The third-order valence-corrected chi connectivity index (χ3v) is 7.49. The summed E-state index contributed by atoms with van der Waals surface area (Å²) >= 11 is 6.91. The summed E-state index contributed by atoms with van der Waals surface area (Å²) < 4.78 is 5.48. The first-order valence-corrected chi connectivity index (χ1v) is 12.3. The molecular formula is C25H34ClN5O. The molecule has 2 fully saturated rings. The highest BCUT2D eigenvalue weighted by Gasteiger charge is 2.24. The van der Waals surface area contributed by atoms with Crippen LogP contribution in [0.15, 0.2) is 36.2 Å². The zero-order valence-electron chi connectivity index (χ0n) is 19.2. The molecule has 172 valence electrons. The summed E-state index contributed by atoms with van der Waals surface area (Å²) in [5, 5.41) is 1.90. The van der Waals surface area contributed by atoms with Gasteiger partial charge in [0.25, 0.3) is 0 Å². The number of morpholine rings is 1. The Morgan fingerprint density at radius 3 is 2.62 bits per heavy atom. The van der Waals surface area contributed by atoms with Gasteiger partial charge in [0.05, 0.1) is 29.4 Å². The average Bonchev–Trinajstić information content (AvgIpc) is 3.15. The molecule has 0 saturated carbocycles. The Bertz CT molecular complexity index is 999. The number of rotatable bonds is 5. The zero-order valence-corrected chi connectivity index (χ0v) is 19.9. The number of H-pyrrole nitrogens is 1. The molecule has 4 heterocycles. The van der Waals surface area contributed by atoms with Gasteiger partial charge in [-0.15, -0.1) is 0 Å². The number of ether oxygens (including phenoxy) is 1. The Hall–Kier alpha value is -1.86. The van der Waals surface area contributed by atoms with E-state index in [1.54, 1.807) is 0 Å². The van der Waals surface area contributed by atoms with Gasteiger partial charge >= 0.3 is 0 Å². The second-order valence-electron chi connectivity index (χ2n) is 9.37. The third-order valence-electron chi connectivity index (χ3n) is 7.08. The van der Waals surface area contributed by atoms with Crippen molar-refractivity contribution in [2.75, 3.05) is 52.5 Å². The lowest BCUT2D eigenvalue weighted by Crippen LogP contribution is -2.48. The van der Waals surface area contributed by atoms with Crippen LogP contribution < -0.4 is 0 Å². The van der Waals surface area contributed by atoms with Crippen molar-refractivity contribution in [2.45, 2.75) is 38.8 Å². The number of piperazine rings is 1. The molecule has 0 bridgehead atoms. The predicted molar refractivity (Wildman–Crippen MR) is 130 cm³/mol. The Balaban J connectivity index is 1.31. The number of pyridine rings is 1.